The third kappa shape index (κ3) is 3.99. The van der Waals surface area contributed by atoms with E-state index in [0.717, 1.165) is 18.0 Å². The van der Waals surface area contributed by atoms with Crippen LogP contribution in [-0.4, -0.2) is 24.4 Å². The van der Waals surface area contributed by atoms with Crippen molar-refractivity contribution in [2.45, 2.75) is 17.9 Å². The van der Waals surface area contributed by atoms with Gasteiger partial charge in [0.05, 0.1) is 7.11 Å². The van der Waals surface area contributed by atoms with E-state index in [1.807, 2.05) is 48.4 Å². The molecule has 0 aliphatic rings. The number of ether oxygens (including phenoxy) is 1. The number of benzene rings is 1. The van der Waals surface area contributed by atoms with Gasteiger partial charge in [0.25, 0.3) is 0 Å². The van der Waals surface area contributed by atoms with E-state index < -0.39 is 0 Å². The lowest BCUT2D eigenvalue weighted by Gasteiger charge is -2.20. The van der Waals surface area contributed by atoms with Gasteiger partial charge in [0.15, 0.2) is 0 Å². The van der Waals surface area contributed by atoms with Crippen LogP contribution < -0.4 is 10.1 Å². The molecule has 2 rings (SSSR count). The van der Waals surface area contributed by atoms with Gasteiger partial charge in [-0.05, 0) is 24.7 Å². The number of nitrogens with zero attached hydrogens (tertiary/aromatic N) is 1. The summed E-state index contributed by atoms with van der Waals surface area (Å²) in [6, 6.07) is 12.5. The third-order valence-corrected chi connectivity index (χ3v) is 4.14. The molecule has 20 heavy (non-hydrogen) atoms. The fourth-order valence-corrected chi connectivity index (χ4v) is 3.04. The van der Waals surface area contributed by atoms with Crippen LogP contribution in [0.3, 0.4) is 0 Å². The van der Waals surface area contributed by atoms with E-state index in [-0.39, 0.29) is 6.04 Å². The summed E-state index contributed by atoms with van der Waals surface area (Å²) < 4.78 is 5.47. The predicted octanol–water partition coefficient (Wildman–Crippen LogP) is 3.53. The minimum absolute atomic E-state index is 0.273. The van der Waals surface area contributed by atoms with E-state index in [1.54, 1.807) is 7.11 Å². The minimum Gasteiger partial charge on any atom is -0.496 e. The van der Waals surface area contributed by atoms with E-state index in [9.17, 15) is 0 Å². The van der Waals surface area contributed by atoms with Crippen molar-refractivity contribution < 1.29 is 4.74 Å². The number of methoxy groups -OCH3 is 1. The summed E-state index contributed by atoms with van der Waals surface area (Å²) in [6.45, 7) is 3.05. The Hall–Kier alpha value is -1.52. The summed E-state index contributed by atoms with van der Waals surface area (Å²) in [7, 11) is 1.72. The molecule has 1 heterocycles. The van der Waals surface area contributed by atoms with Crippen molar-refractivity contribution in [3.8, 4) is 5.75 Å². The second-order valence-electron chi connectivity index (χ2n) is 4.35. The lowest BCUT2D eigenvalue weighted by Crippen LogP contribution is -2.23. The summed E-state index contributed by atoms with van der Waals surface area (Å²) in [6.07, 6.45) is 3.65. The second-order valence-corrected chi connectivity index (χ2v) is 5.44. The normalized spacial score (nSPS) is 12.1. The zero-order valence-electron chi connectivity index (χ0n) is 11.9. The van der Waals surface area contributed by atoms with Crippen LogP contribution >= 0.6 is 11.8 Å². The zero-order valence-corrected chi connectivity index (χ0v) is 12.7. The Morgan fingerprint density at radius 3 is 2.65 bits per heavy atom. The Bertz CT molecular complexity index is 519. The Morgan fingerprint density at radius 1 is 1.20 bits per heavy atom. The van der Waals surface area contributed by atoms with Gasteiger partial charge >= 0.3 is 0 Å². The van der Waals surface area contributed by atoms with Crippen LogP contribution in [0.1, 0.15) is 18.5 Å². The molecule has 1 aromatic heterocycles. The number of para-hydroxylation sites is 1. The first-order chi connectivity index (χ1) is 9.85. The average molecular weight is 288 g/mol. The van der Waals surface area contributed by atoms with Crippen molar-refractivity contribution in [1.82, 2.24) is 10.3 Å². The fraction of sp³-hybridized carbons (Fsp3) is 0.312. The average Bonchev–Trinajstić information content (AvgIpc) is 2.52. The highest BCUT2D eigenvalue weighted by atomic mass is 32.2. The van der Waals surface area contributed by atoms with Gasteiger partial charge < -0.3 is 10.1 Å². The smallest absolute Gasteiger partial charge is 0.123 e. The van der Waals surface area contributed by atoms with Crippen molar-refractivity contribution >= 4 is 11.8 Å². The van der Waals surface area contributed by atoms with Crippen LogP contribution in [0.5, 0.6) is 5.75 Å². The number of hydrogen-bond donors (Lipinski definition) is 1. The first kappa shape index (κ1) is 14.9. The molecule has 0 radical (unpaired) electrons. The molecule has 0 aliphatic heterocycles. The third-order valence-electron chi connectivity index (χ3n) is 3.03. The van der Waals surface area contributed by atoms with Crippen LogP contribution in [0.25, 0.3) is 0 Å². The van der Waals surface area contributed by atoms with Crippen molar-refractivity contribution in [1.29, 1.82) is 0 Å². The molecule has 0 aliphatic carbocycles. The van der Waals surface area contributed by atoms with Crippen molar-refractivity contribution in [2.75, 3.05) is 19.4 Å². The highest BCUT2D eigenvalue weighted by Crippen LogP contribution is 2.29. The molecule has 106 valence electrons. The summed E-state index contributed by atoms with van der Waals surface area (Å²) in [5, 5.41) is 3.53. The monoisotopic (exact) mass is 288 g/mol. The predicted molar refractivity (Wildman–Crippen MR) is 84.4 cm³/mol. The van der Waals surface area contributed by atoms with Gasteiger partial charge in [0.2, 0.25) is 0 Å². The largest absolute Gasteiger partial charge is 0.496 e. The quantitative estimate of drug-likeness (QED) is 0.790. The lowest BCUT2D eigenvalue weighted by molar-refractivity contribution is 0.403. The standard InChI is InChI=1S/C16H20N2OS/c1-3-18-15(12-20-13-8-10-17-11-9-13)14-6-4-5-7-16(14)19-2/h4-11,15,18H,3,12H2,1-2H3. The van der Waals surface area contributed by atoms with Gasteiger partial charge in [-0.3, -0.25) is 4.98 Å². The molecule has 1 atom stereocenters. The highest BCUT2D eigenvalue weighted by molar-refractivity contribution is 7.99. The molecular weight excluding hydrogens is 268 g/mol. The minimum atomic E-state index is 0.273. The summed E-state index contributed by atoms with van der Waals surface area (Å²) in [5.74, 6) is 1.90. The van der Waals surface area contributed by atoms with Crippen LogP contribution in [0.2, 0.25) is 0 Å². The van der Waals surface area contributed by atoms with Gasteiger partial charge in [-0.15, -0.1) is 11.8 Å². The molecule has 1 unspecified atom stereocenters. The van der Waals surface area contributed by atoms with Gasteiger partial charge in [-0.25, -0.2) is 0 Å². The molecule has 1 aromatic carbocycles. The van der Waals surface area contributed by atoms with Crippen LogP contribution in [0, 0.1) is 0 Å². The number of aromatic nitrogens is 1. The van der Waals surface area contributed by atoms with Gasteiger partial charge in [-0.2, -0.15) is 0 Å². The Kier molecular flexibility index (Phi) is 5.89. The number of hydrogen-bond acceptors (Lipinski definition) is 4. The SMILES string of the molecule is CCNC(CSc1ccncc1)c1ccccc1OC. The molecular formula is C16H20N2OS. The number of rotatable bonds is 7. The van der Waals surface area contributed by atoms with Crippen molar-refractivity contribution in [3.63, 3.8) is 0 Å². The summed E-state index contributed by atoms with van der Waals surface area (Å²) in [4.78, 5) is 5.28. The van der Waals surface area contributed by atoms with Gasteiger partial charge in [0, 0.05) is 34.6 Å². The number of thioether (sulfide) groups is 1. The van der Waals surface area contributed by atoms with E-state index in [2.05, 4.69) is 29.4 Å². The second kappa shape index (κ2) is 7.92. The van der Waals surface area contributed by atoms with Crippen LogP contribution in [-0.2, 0) is 0 Å². The zero-order chi connectivity index (χ0) is 14.2. The Labute approximate surface area is 124 Å². The van der Waals surface area contributed by atoms with Gasteiger partial charge in [0.1, 0.15) is 5.75 Å². The molecule has 1 N–H and O–H groups in total. The molecule has 0 spiro atoms. The van der Waals surface area contributed by atoms with Gasteiger partial charge in [-0.1, -0.05) is 25.1 Å². The Morgan fingerprint density at radius 2 is 1.95 bits per heavy atom. The maximum Gasteiger partial charge on any atom is 0.123 e. The van der Waals surface area contributed by atoms with E-state index in [4.69, 9.17) is 4.74 Å². The van der Waals surface area contributed by atoms with Crippen LogP contribution in [0.4, 0.5) is 0 Å². The summed E-state index contributed by atoms with van der Waals surface area (Å²) in [5.41, 5.74) is 1.21. The Balaban J connectivity index is 2.10. The van der Waals surface area contributed by atoms with E-state index >= 15 is 0 Å². The maximum atomic E-state index is 5.47. The molecule has 0 saturated carbocycles. The number of nitrogens with one attached hydrogen (secondary N) is 1. The molecule has 2 aromatic rings. The number of pyridine rings is 1. The molecule has 0 bridgehead atoms. The fourth-order valence-electron chi connectivity index (χ4n) is 2.07. The maximum absolute atomic E-state index is 5.47. The molecule has 0 fully saturated rings. The first-order valence-electron chi connectivity index (χ1n) is 6.74. The van der Waals surface area contributed by atoms with E-state index in [1.165, 1.54) is 10.5 Å². The summed E-state index contributed by atoms with van der Waals surface area (Å²) >= 11 is 1.82. The van der Waals surface area contributed by atoms with Crippen LogP contribution in [0.15, 0.2) is 53.7 Å². The molecule has 3 nitrogen and oxygen atoms in total. The molecule has 0 amide bonds. The topological polar surface area (TPSA) is 34.2 Å². The highest BCUT2D eigenvalue weighted by Gasteiger charge is 2.15. The van der Waals surface area contributed by atoms with E-state index in [0.29, 0.717) is 0 Å². The molecule has 4 heteroatoms. The molecule has 0 saturated heterocycles. The lowest BCUT2D eigenvalue weighted by atomic mass is 10.1. The first-order valence-corrected chi connectivity index (χ1v) is 7.72. The van der Waals surface area contributed by atoms with Crippen molar-refractivity contribution in [2.24, 2.45) is 0 Å². The van der Waals surface area contributed by atoms with Crippen molar-refractivity contribution in [3.05, 3.63) is 54.4 Å².